The Hall–Kier alpha value is -3.22. The van der Waals surface area contributed by atoms with Crippen LogP contribution in [0.25, 0.3) is 10.9 Å². The fraction of sp³-hybridized carbons (Fsp3) is 0.300. The number of aryl methyl sites for hydroxylation is 1. The molecule has 0 aliphatic carbocycles. The molecule has 0 saturated carbocycles. The van der Waals surface area contributed by atoms with Gasteiger partial charge in [0.2, 0.25) is 5.60 Å². The number of carboxylic acid groups (broad SMARTS) is 1. The van der Waals surface area contributed by atoms with Crippen LogP contribution in [0.3, 0.4) is 0 Å². The fourth-order valence-corrected chi connectivity index (χ4v) is 3.42. The molecule has 0 unspecified atom stereocenters. The zero-order chi connectivity index (χ0) is 18.9. The molecule has 0 radical (unpaired) electrons. The van der Waals surface area contributed by atoms with Gasteiger partial charge in [-0.1, -0.05) is 6.07 Å². The molecular formula is C20H20N4O3. The molecule has 27 heavy (non-hydrogen) atoms. The number of ether oxygens (including phenoxy) is 1. The summed E-state index contributed by atoms with van der Waals surface area (Å²) in [6.07, 6.45) is 4.19. The van der Waals surface area contributed by atoms with Gasteiger partial charge >= 0.3 is 5.97 Å². The lowest BCUT2D eigenvalue weighted by atomic mass is 9.91. The number of nitrogens with zero attached hydrogens (tertiary/aromatic N) is 4. The van der Waals surface area contributed by atoms with Gasteiger partial charge < -0.3 is 14.7 Å². The van der Waals surface area contributed by atoms with Crippen molar-refractivity contribution in [1.29, 1.82) is 0 Å². The molecule has 0 amide bonds. The highest BCUT2D eigenvalue weighted by molar-refractivity contribution is 5.81. The van der Waals surface area contributed by atoms with Crippen molar-refractivity contribution < 1.29 is 14.6 Å². The number of piperidine rings is 1. The highest BCUT2D eigenvalue weighted by Crippen LogP contribution is 2.32. The smallest absolute Gasteiger partial charge is 0.348 e. The van der Waals surface area contributed by atoms with E-state index in [0.29, 0.717) is 37.5 Å². The van der Waals surface area contributed by atoms with Crippen LogP contribution in [0.1, 0.15) is 18.7 Å². The molecule has 3 heterocycles. The van der Waals surface area contributed by atoms with Gasteiger partial charge in [-0.2, -0.15) is 0 Å². The molecule has 2 aromatic heterocycles. The number of aliphatic carboxylic acids is 1. The first-order chi connectivity index (χ1) is 13.1. The van der Waals surface area contributed by atoms with Crippen LogP contribution in [0.15, 0.2) is 48.8 Å². The molecule has 0 bridgehead atoms. The Morgan fingerprint density at radius 2 is 1.96 bits per heavy atom. The maximum Gasteiger partial charge on any atom is 0.348 e. The minimum absolute atomic E-state index is 0.371. The molecule has 7 heteroatoms. The number of benzene rings is 1. The average Bonchev–Trinajstić information content (AvgIpc) is 2.68. The van der Waals surface area contributed by atoms with E-state index in [1.54, 1.807) is 18.5 Å². The number of carbonyl (C=O) groups is 1. The summed E-state index contributed by atoms with van der Waals surface area (Å²) in [4.78, 5) is 27.0. The normalized spacial score (nSPS) is 16.3. The van der Waals surface area contributed by atoms with E-state index >= 15 is 0 Å². The van der Waals surface area contributed by atoms with E-state index in [2.05, 4.69) is 19.9 Å². The van der Waals surface area contributed by atoms with Gasteiger partial charge in [-0.25, -0.2) is 14.8 Å². The second-order valence-corrected chi connectivity index (χ2v) is 6.71. The number of pyridine rings is 1. The molecule has 1 N–H and O–H groups in total. The lowest BCUT2D eigenvalue weighted by Crippen LogP contribution is -2.53. The van der Waals surface area contributed by atoms with Crippen molar-refractivity contribution in [3.05, 3.63) is 54.6 Å². The quantitative estimate of drug-likeness (QED) is 0.761. The second-order valence-electron chi connectivity index (χ2n) is 6.71. The van der Waals surface area contributed by atoms with Gasteiger partial charge in [0.05, 0.1) is 5.52 Å². The summed E-state index contributed by atoms with van der Waals surface area (Å²) in [7, 11) is 0. The van der Waals surface area contributed by atoms with E-state index in [4.69, 9.17) is 4.74 Å². The molecule has 1 aliphatic rings. The first-order valence-electron chi connectivity index (χ1n) is 8.88. The summed E-state index contributed by atoms with van der Waals surface area (Å²) in [5, 5.41) is 10.8. The molecular weight excluding hydrogens is 344 g/mol. The monoisotopic (exact) mass is 364 g/mol. The summed E-state index contributed by atoms with van der Waals surface area (Å²) >= 11 is 0. The zero-order valence-electron chi connectivity index (χ0n) is 15.0. The standard InChI is InChI=1S/C20H20N4O3/c1-14-21-10-6-18(23-14)24-11-7-20(8-12-24,19(25)26)27-16-4-5-17-15(13-16)3-2-9-22-17/h2-6,9-10,13H,7-8,11-12H2,1H3,(H,25,26). The topological polar surface area (TPSA) is 88.4 Å². The number of carboxylic acids is 1. The minimum atomic E-state index is -1.24. The van der Waals surface area contributed by atoms with Crippen LogP contribution in [-0.2, 0) is 4.79 Å². The molecule has 1 aliphatic heterocycles. The first kappa shape index (κ1) is 17.2. The number of aromatic nitrogens is 3. The lowest BCUT2D eigenvalue weighted by molar-refractivity contribution is -0.157. The molecule has 1 fully saturated rings. The summed E-state index contributed by atoms with van der Waals surface area (Å²) in [5.41, 5.74) is -0.391. The van der Waals surface area contributed by atoms with Crippen LogP contribution in [0.4, 0.5) is 5.82 Å². The van der Waals surface area contributed by atoms with Crippen molar-refractivity contribution in [1.82, 2.24) is 15.0 Å². The number of hydrogen-bond acceptors (Lipinski definition) is 6. The SMILES string of the molecule is Cc1nccc(N2CCC(Oc3ccc4ncccc4c3)(C(=O)O)CC2)n1. The third-order valence-corrected chi connectivity index (χ3v) is 4.93. The number of fused-ring (bicyclic) bond motifs is 1. The van der Waals surface area contributed by atoms with Crippen LogP contribution in [0.5, 0.6) is 5.75 Å². The Kier molecular flexibility index (Phi) is 4.35. The number of rotatable bonds is 4. The maximum absolute atomic E-state index is 12.1. The fourth-order valence-electron chi connectivity index (χ4n) is 3.42. The Labute approximate surface area is 156 Å². The van der Waals surface area contributed by atoms with E-state index in [-0.39, 0.29) is 0 Å². The highest BCUT2D eigenvalue weighted by Gasteiger charge is 2.44. The molecule has 3 aromatic rings. The molecule has 1 saturated heterocycles. The summed E-state index contributed by atoms with van der Waals surface area (Å²) < 4.78 is 6.03. The summed E-state index contributed by atoms with van der Waals surface area (Å²) in [6.45, 7) is 2.95. The third-order valence-electron chi connectivity index (χ3n) is 4.93. The van der Waals surface area contributed by atoms with Gasteiger partial charge in [-0.05, 0) is 37.3 Å². The molecule has 0 spiro atoms. The Morgan fingerprint density at radius 1 is 1.15 bits per heavy atom. The highest BCUT2D eigenvalue weighted by atomic mass is 16.5. The zero-order valence-corrected chi connectivity index (χ0v) is 15.0. The number of anilines is 1. The van der Waals surface area contributed by atoms with Crippen molar-refractivity contribution in [2.45, 2.75) is 25.4 Å². The van der Waals surface area contributed by atoms with Crippen molar-refractivity contribution in [2.75, 3.05) is 18.0 Å². The van der Waals surface area contributed by atoms with Crippen molar-refractivity contribution in [2.24, 2.45) is 0 Å². The second kappa shape index (κ2) is 6.83. The molecule has 4 rings (SSSR count). The van der Waals surface area contributed by atoms with Gasteiger partial charge in [0.15, 0.2) is 0 Å². The van der Waals surface area contributed by atoms with Crippen molar-refractivity contribution >= 4 is 22.7 Å². The third kappa shape index (κ3) is 3.40. The van der Waals surface area contributed by atoms with Crippen LogP contribution in [-0.4, -0.2) is 44.7 Å². The number of hydrogen-bond donors (Lipinski definition) is 1. The Balaban J connectivity index is 1.54. The Bertz CT molecular complexity index is 984. The van der Waals surface area contributed by atoms with Crippen molar-refractivity contribution in [3.8, 4) is 5.75 Å². The van der Waals surface area contributed by atoms with E-state index in [1.807, 2.05) is 37.3 Å². The average molecular weight is 364 g/mol. The molecule has 0 atom stereocenters. The molecule has 7 nitrogen and oxygen atoms in total. The van der Waals surface area contributed by atoms with Gasteiger partial charge in [0.25, 0.3) is 0 Å². The Morgan fingerprint density at radius 3 is 2.70 bits per heavy atom. The molecule has 1 aromatic carbocycles. The van der Waals surface area contributed by atoms with E-state index in [9.17, 15) is 9.90 Å². The molecule has 138 valence electrons. The van der Waals surface area contributed by atoms with Gasteiger partial charge in [0.1, 0.15) is 17.4 Å². The van der Waals surface area contributed by atoms with Gasteiger partial charge in [0, 0.05) is 43.7 Å². The largest absolute Gasteiger partial charge is 0.478 e. The van der Waals surface area contributed by atoms with Crippen molar-refractivity contribution in [3.63, 3.8) is 0 Å². The van der Waals surface area contributed by atoms with E-state index < -0.39 is 11.6 Å². The van der Waals surface area contributed by atoms with E-state index in [1.165, 1.54) is 0 Å². The maximum atomic E-state index is 12.1. The summed E-state index contributed by atoms with van der Waals surface area (Å²) in [5.74, 6) is 1.12. The van der Waals surface area contributed by atoms with Gasteiger partial charge in [-0.15, -0.1) is 0 Å². The predicted octanol–water partition coefficient (Wildman–Crippen LogP) is 2.84. The van der Waals surface area contributed by atoms with Crippen LogP contribution >= 0.6 is 0 Å². The summed E-state index contributed by atoms with van der Waals surface area (Å²) in [6, 6.07) is 11.1. The lowest BCUT2D eigenvalue weighted by Gasteiger charge is -2.39. The first-order valence-corrected chi connectivity index (χ1v) is 8.88. The predicted molar refractivity (Wildman–Crippen MR) is 101 cm³/mol. The van der Waals surface area contributed by atoms with Gasteiger partial charge in [-0.3, -0.25) is 4.98 Å². The van der Waals surface area contributed by atoms with Crippen LogP contribution in [0.2, 0.25) is 0 Å². The van der Waals surface area contributed by atoms with Crippen LogP contribution in [0, 0.1) is 6.92 Å². The minimum Gasteiger partial charge on any atom is -0.478 e. The van der Waals surface area contributed by atoms with Crippen LogP contribution < -0.4 is 9.64 Å². The van der Waals surface area contributed by atoms with E-state index in [0.717, 1.165) is 16.7 Å².